The largest absolute Gasteiger partial charge is 0.462 e. The number of alkyl carbamates (subject to hydrolysis) is 2. The Morgan fingerprint density at radius 2 is 0.940 bits per heavy atom. The van der Waals surface area contributed by atoms with Crippen LogP contribution in [-0.2, 0) is 39.6 Å². The highest BCUT2D eigenvalue weighted by Crippen LogP contribution is 2.25. The summed E-state index contributed by atoms with van der Waals surface area (Å²) in [5, 5.41) is 5.80. The van der Waals surface area contributed by atoms with Crippen LogP contribution in [0.4, 0.5) is 9.59 Å². The summed E-state index contributed by atoms with van der Waals surface area (Å²) in [6.45, 7) is 19.9. The number of nitrogens with one attached hydrogen (secondary N) is 2. The smallest absolute Gasteiger partial charge is 0.407 e. The molecule has 0 saturated heterocycles. The van der Waals surface area contributed by atoms with E-state index < -0.39 is 23.3 Å². The molecule has 0 fully saturated rings. The minimum atomic E-state index is -0.616. The molecule has 2 aromatic rings. The fraction of sp³-hybridized carbons (Fsp3) is 0.500. The van der Waals surface area contributed by atoms with Crippen LogP contribution in [0.3, 0.4) is 0 Å². The number of hydrogen-bond donors (Lipinski definition) is 2. The molecule has 2 N–H and O–H groups in total. The zero-order valence-corrected chi connectivity index (χ0v) is 30.8. The molecule has 0 aliphatic rings. The molecule has 10 heteroatoms. The number of amides is 2. The Kier molecular flexibility index (Phi) is 17.3. The number of carbonyl (C=O) groups is 4. The van der Waals surface area contributed by atoms with E-state index in [0.717, 1.165) is 33.4 Å². The van der Waals surface area contributed by atoms with Crippen LogP contribution in [0, 0.1) is 0 Å². The molecule has 2 aromatic carbocycles. The van der Waals surface area contributed by atoms with Crippen LogP contribution < -0.4 is 10.6 Å². The Balaban J connectivity index is 1.46. The average Bonchev–Trinajstić information content (AvgIpc) is 3.06. The van der Waals surface area contributed by atoms with Crippen molar-refractivity contribution in [1.29, 1.82) is 0 Å². The summed E-state index contributed by atoms with van der Waals surface area (Å²) in [4.78, 5) is 48.6. The molecular weight excluding hydrogens is 636 g/mol. The lowest BCUT2D eigenvalue weighted by Gasteiger charge is -2.27. The molecule has 2 amide bonds. The summed E-state index contributed by atoms with van der Waals surface area (Å²) < 4.78 is 20.9. The van der Waals surface area contributed by atoms with Gasteiger partial charge in [0.1, 0.15) is 13.2 Å². The van der Waals surface area contributed by atoms with Crippen molar-refractivity contribution >= 4 is 35.3 Å². The Labute approximate surface area is 298 Å². The van der Waals surface area contributed by atoms with Gasteiger partial charge in [-0.25, -0.2) is 9.59 Å². The quantitative estimate of drug-likeness (QED) is 0.0756. The highest BCUT2D eigenvalue weighted by molar-refractivity contribution is 5.71. The Morgan fingerprint density at radius 1 is 0.560 bits per heavy atom. The first-order valence-electron chi connectivity index (χ1n) is 17.3. The molecule has 0 unspecified atom stereocenters. The molecule has 0 saturated carbocycles. The topological polar surface area (TPSA) is 129 Å². The fourth-order valence-electron chi connectivity index (χ4n) is 4.96. The molecule has 274 valence electrons. The van der Waals surface area contributed by atoms with E-state index in [9.17, 15) is 19.2 Å². The zero-order valence-electron chi connectivity index (χ0n) is 30.8. The Bertz CT molecular complexity index is 1350. The second kappa shape index (κ2) is 20.8. The van der Waals surface area contributed by atoms with Crippen molar-refractivity contribution in [2.24, 2.45) is 0 Å². The fourth-order valence-corrected chi connectivity index (χ4v) is 4.96. The van der Waals surface area contributed by atoms with Gasteiger partial charge in [0.05, 0.1) is 24.3 Å². The van der Waals surface area contributed by atoms with E-state index in [1.54, 1.807) is 0 Å². The highest BCUT2D eigenvalue weighted by atomic mass is 16.6. The minimum Gasteiger partial charge on any atom is -0.462 e. The van der Waals surface area contributed by atoms with E-state index in [-0.39, 0.29) is 51.2 Å². The van der Waals surface area contributed by atoms with Gasteiger partial charge in [-0.2, -0.15) is 0 Å². The summed E-state index contributed by atoms with van der Waals surface area (Å²) in [5.74, 6) is -0.738. The molecule has 0 atom stereocenters. The van der Waals surface area contributed by atoms with Crippen molar-refractivity contribution in [3.8, 4) is 0 Å². The van der Waals surface area contributed by atoms with Gasteiger partial charge in [0.25, 0.3) is 0 Å². The van der Waals surface area contributed by atoms with Crippen LogP contribution in [0.15, 0.2) is 61.7 Å². The molecule has 0 radical (unpaired) electrons. The second-order valence-electron chi connectivity index (χ2n) is 13.6. The number of rotatable bonds is 21. The molecule has 2 rings (SSSR count). The molecule has 0 aliphatic heterocycles. The molecule has 10 nitrogen and oxygen atoms in total. The van der Waals surface area contributed by atoms with E-state index in [1.807, 2.05) is 90.1 Å². The van der Waals surface area contributed by atoms with Crippen LogP contribution in [0.5, 0.6) is 0 Å². The molecule has 0 spiro atoms. The van der Waals surface area contributed by atoms with E-state index in [4.69, 9.17) is 18.9 Å². The minimum absolute atomic E-state index is 0.00426. The van der Waals surface area contributed by atoms with Crippen molar-refractivity contribution in [2.75, 3.05) is 26.4 Å². The van der Waals surface area contributed by atoms with Crippen LogP contribution >= 0.6 is 0 Å². The summed E-state index contributed by atoms with van der Waals surface area (Å²) in [6, 6.07) is 15.7. The standard InChI is InChI=1S/C40H56N2O8/c1-29(2)31-17-15-19-33(27-31)39(5,6)41-37(45)49-23-13-9-11-21-35(43)47-25-26-48-36(44)22-12-10-14-24-50-38(46)42-40(7,8)34-20-16-18-32(28-34)30(3)4/h15-20,27-28H,1,3,9-14,21-26H2,2,4-8H3,(H,41,45)(H,42,46). The number of carbonyl (C=O) groups excluding carboxylic acids is 4. The number of esters is 2. The van der Waals surface area contributed by atoms with Crippen LogP contribution in [0.2, 0.25) is 0 Å². The van der Waals surface area contributed by atoms with Crippen LogP contribution in [-0.4, -0.2) is 50.6 Å². The first-order valence-corrected chi connectivity index (χ1v) is 17.3. The molecule has 50 heavy (non-hydrogen) atoms. The first kappa shape index (κ1) is 41.6. The lowest BCUT2D eigenvalue weighted by Crippen LogP contribution is -2.41. The van der Waals surface area contributed by atoms with Gasteiger partial charge in [-0.15, -0.1) is 0 Å². The van der Waals surface area contributed by atoms with Gasteiger partial charge in [-0.05, 0) is 114 Å². The summed E-state index contributed by atoms with van der Waals surface area (Å²) in [6.07, 6.45) is 3.26. The second-order valence-corrected chi connectivity index (χ2v) is 13.6. The van der Waals surface area contributed by atoms with E-state index >= 15 is 0 Å². The maximum atomic E-state index is 12.3. The normalized spacial score (nSPS) is 11.2. The molecule has 0 heterocycles. The monoisotopic (exact) mass is 692 g/mol. The number of hydrogen-bond acceptors (Lipinski definition) is 8. The molecule has 0 bridgehead atoms. The lowest BCUT2D eigenvalue weighted by molar-refractivity contribution is -0.152. The Morgan fingerprint density at radius 3 is 1.30 bits per heavy atom. The van der Waals surface area contributed by atoms with Crippen molar-refractivity contribution in [3.05, 3.63) is 83.9 Å². The third-order valence-electron chi connectivity index (χ3n) is 8.11. The number of allylic oxidation sites excluding steroid dienone is 2. The third kappa shape index (κ3) is 15.7. The predicted molar refractivity (Wildman–Crippen MR) is 196 cm³/mol. The van der Waals surface area contributed by atoms with E-state index in [2.05, 4.69) is 23.8 Å². The first-order chi connectivity index (χ1) is 23.6. The lowest BCUT2D eigenvalue weighted by atomic mass is 9.92. The van der Waals surface area contributed by atoms with E-state index in [1.165, 1.54) is 0 Å². The number of benzene rings is 2. The Hall–Kier alpha value is -4.60. The molecule has 0 aromatic heterocycles. The SMILES string of the molecule is C=C(C)c1cccc(C(C)(C)NC(=O)OCCCCCC(=O)OCCOC(=O)CCCCCOC(=O)NC(C)(C)c2cccc(C(=C)C)c2)c1. The van der Waals surface area contributed by atoms with Crippen molar-refractivity contribution in [2.45, 2.75) is 104 Å². The number of ether oxygens (including phenoxy) is 4. The van der Waals surface area contributed by atoms with E-state index in [0.29, 0.717) is 38.5 Å². The summed E-state index contributed by atoms with van der Waals surface area (Å²) in [5.41, 5.74) is 4.60. The summed E-state index contributed by atoms with van der Waals surface area (Å²) in [7, 11) is 0. The maximum absolute atomic E-state index is 12.3. The highest BCUT2D eigenvalue weighted by Gasteiger charge is 2.25. The van der Waals surface area contributed by atoms with Crippen LogP contribution in [0.1, 0.15) is 115 Å². The maximum Gasteiger partial charge on any atom is 0.407 e. The zero-order chi connectivity index (χ0) is 37.2. The third-order valence-corrected chi connectivity index (χ3v) is 8.11. The van der Waals surface area contributed by atoms with Gasteiger partial charge < -0.3 is 29.6 Å². The number of unbranched alkanes of at least 4 members (excludes halogenated alkanes) is 4. The van der Waals surface area contributed by atoms with Crippen molar-refractivity contribution in [1.82, 2.24) is 10.6 Å². The van der Waals surface area contributed by atoms with Crippen molar-refractivity contribution < 1.29 is 38.1 Å². The van der Waals surface area contributed by atoms with Gasteiger partial charge in [-0.3, -0.25) is 9.59 Å². The average molecular weight is 693 g/mol. The van der Waals surface area contributed by atoms with Gasteiger partial charge in [0.15, 0.2) is 0 Å². The van der Waals surface area contributed by atoms with Crippen molar-refractivity contribution in [3.63, 3.8) is 0 Å². The van der Waals surface area contributed by atoms with Gasteiger partial charge in [0.2, 0.25) is 0 Å². The summed E-state index contributed by atoms with van der Waals surface area (Å²) >= 11 is 0. The van der Waals surface area contributed by atoms with Gasteiger partial charge in [0, 0.05) is 12.8 Å². The van der Waals surface area contributed by atoms with Gasteiger partial charge >= 0.3 is 24.1 Å². The predicted octanol–water partition coefficient (Wildman–Crippen LogP) is 8.58. The molecular formula is C40H56N2O8. The molecule has 0 aliphatic carbocycles. The van der Waals surface area contributed by atoms with Gasteiger partial charge in [-0.1, -0.05) is 60.7 Å². The van der Waals surface area contributed by atoms with Crippen LogP contribution in [0.25, 0.3) is 11.1 Å².